The summed E-state index contributed by atoms with van der Waals surface area (Å²) < 4.78 is 0. The number of nitrogen functional groups attached to an aromatic ring is 1. The van der Waals surface area contributed by atoms with Crippen molar-refractivity contribution in [3.05, 3.63) is 29.8 Å². The molecule has 0 unspecified atom stereocenters. The SMILES string of the molecule is CC1CCN(C(=O)C2(c3ccc(N)cc3)CC2)CC1. The Kier molecular flexibility index (Phi) is 3.00. The third kappa shape index (κ3) is 2.22. The van der Waals surface area contributed by atoms with Gasteiger partial charge >= 0.3 is 0 Å². The van der Waals surface area contributed by atoms with Crippen LogP contribution >= 0.6 is 0 Å². The Morgan fingerprint density at radius 1 is 1.21 bits per heavy atom. The van der Waals surface area contributed by atoms with Crippen molar-refractivity contribution < 1.29 is 4.79 Å². The van der Waals surface area contributed by atoms with Gasteiger partial charge in [-0.3, -0.25) is 4.79 Å². The summed E-state index contributed by atoms with van der Waals surface area (Å²) in [7, 11) is 0. The van der Waals surface area contributed by atoms with Crippen LogP contribution in [-0.2, 0) is 10.2 Å². The van der Waals surface area contributed by atoms with E-state index in [4.69, 9.17) is 5.73 Å². The molecule has 1 aliphatic heterocycles. The number of amides is 1. The molecule has 19 heavy (non-hydrogen) atoms. The lowest BCUT2D eigenvalue weighted by Gasteiger charge is -2.33. The molecule has 0 spiro atoms. The number of hydrogen-bond acceptors (Lipinski definition) is 2. The number of piperidine rings is 1. The summed E-state index contributed by atoms with van der Waals surface area (Å²) in [5, 5.41) is 0. The summed E-state index contributed by atoms with van der Waals surface area (Å²) >= 11 is 0. The molecular weight excluding hydrogens is 236 g/mol. The van der Waals surface area contributed by atoms with Gasteiger partial charge in [-0.15, -0.1) is 0 Å². The fourth-order valence-electron chi connectivity index (χ4n) is 3.07. The van der Waals surface area contributed by atoms with E-state index in [1.165, 1.54) is 0 Å². The predicted octanol–water partition coefficient (Wildman–Crippen LogP) is 2.56. The zero-order valence-corrected chi connectivity index (χ0v) is 11.6. The van der Waals surface area contributed by atoms with Crippen LogP contribution in [0.2, 0.25) is 0 Å². The Hall–Kier alpha value is -1.51. The second kappa shape index (κ2) is 4.55. The van der Waals surface area contributed by atoms with Crippen molar-refractivity contribution in [1.82, 2.24) is 4.90 Å². The van der Waals surface area contributed by atoms with E-state index in [2.05, 4.69) is 11.8 Å². The largest absolute Gasteiger partial charge is 0.399 e. The van der Waals surface area contributed by atoms with Crippen LogP contribution in [0, 0.1) is 5.92 Å². The molecule has 3 rings (SSSR count). The minimum absolute atomic E-state index is 0.228. The maximum absolute atomic E-state index is 12.8. The molecule has 1 amide bonds. The van der Waals surface area contributed by atoms with Crippen molar-refractivity contribution in [2.75, 3.05) is 18.8 Å². The van der Waals surface area contributed by atoms with Gasteiger partial charge in [0.2, 0.25) is 5.91 Å². The predicted molar refractivity (Wildman–Crippen MR) is 76.7 cm³/mol. The van der Waals surface area contributed by atoms with Gasteiger partial charge in [-0.1, -0.05) is 19.1 Å². The van der Waals surface area contributed by atoms with Gasteiger partial charge in [0.25, 0.3) is 0 Å². The third-order valence-electron chi connectivity index (χ3n) is 4.69. The maximum atomic E-state index is 12.8. The van der Waals surface area contributed by atoms with E-state index in [-0.39, 0.29) is 5.41 Å². The van der Waals surface area contributed by atoms with E-state index in [1.807, 2.05) is 24.3 Å². The minimum Gasteiger partial charge on any atom is -0.399 e. The minimum atomic E-state index is -0.228. The Morgan fingerprint density at radius 2 is 1.79 bits per heavy atom. The molecule has 2 fully saturated rings. The molecule has 0 aromatic heterocycles. The van der Waals surface area contributed by atoms with Crippen LogP contribution in [0.25, 0.3) is 0 Å². The molecule has 1 saturated heterocycles. The van der Waals surface area contributed by atoms with Gasteiger partial charge < -0.3 is 10.6 Å². The standard InChI is InChI=1S/C16H22N2O/c1-12-6-10-18(11-7-12)15(19)16(8-9-16)13-2-4-14(17)5-3-13/h2-5,12H,6-11,17H2,1H3. The molecule has 102 valence electrons. The van der Waals surface area contributed by atoms with Crippen LogP contribution in [0.4, 0.5) is 5.69 Å². The molecule has 0 radical (unpaired) electrons. The quantitative estimate of drug-likeness (QED) is 0.829. The summed E-state index contributed by atoms with van der Waals surface area (Å²) in [4.78, 5) is 14.8. The van der Waals surface area contributed by atoms with Crippen LogP contribution < -0.4 is 5.73 Å². The van der Waals surface area contributed by atoms with Gasteiger partial charge in [0.05, 0.1) is 5.41 Å². The van der Waals surface area contributed by atoms with E-state index >= 15 is 0 Å². The Morgan fingerprint density at radius 3 is 2.32 bits per heavy atom. The Labute approximate surface area is 114 Å². The summed E-state index contributed by atoms with van der Waals surface area (Å²) in [6.45, 7) is 4.13. The number of nitrogens with zero attached hydrogens (tertiary/aromatic N) is 1. The number of rotatable bonds is 2. The van der Waals surface area contributed by atoms with Crippen molar-refractivity contribution in [3.8, 4) is 0 Å². The number of carbonyl (C=O) groups is 1. The van der Waals surface area contributed by atoms with Gasteiger partial charge in [-0.25, -0.2) is 0 Å². The van der Waals surface area contributed by atoms with Crippen molar-refractivity contribution in [1.29, 1.82) is 0 Å². The smallest absolute Gasteiger partial charge is 0.233 e. The molecule has 1 saturated carbocycles. The first-order valence-corrected chi connectivity index (χ1v) is 7.27. The van der Waals surface area contributed by atoms with E-state index in [0.717, 1.165) is 55.9 Å². The highest BCUT2D eigenvalue weighted by Crippen LogP contribution is 2.50. The molecule has 1 heterocycles. The number of nitrogens with two attached hydrogens (primary N) is 1. The Bertz CT molecular complexity index is 468. The topological polar surface area (TPSA) is 46.3 Å². The van der Waals surface area contributed by atoms with Crippen LogP contribution in [0.5, 0.6) is 0 Å². The average Bonchev–Trinajstić information content (AvgIpc) is 3.21. The fourth-order valence-corrected chi connectivity index (χ4v) is 3.07. The molecule has 2 N–H and O–H groups in total. The molecule has 0 bridgehead atoms. The molecule has 3 heteroatoms. The highest BCUT2D eigenvalue weighted by atomic mass is 16.2. The van der Waals surface area contributed by atoms with Gasteiger partial charge in [-0.05, 0) is 49.3 Å². The lowest BCUT2D eigenvalue weighted by atomic mass is 9.92. The monoisotopic (exact) mass is 258 g/mol. The number of benzene rings is 1. The molecule has 1 aliphatic carbocycles. The second-order valence-electron chi connectivity index (χ2n) is 6.18. The first kappa shape index (κ1) is 12.5. The van der Waals surface area contributed by atoms with Crippen LogP contribution in [0.15, 0.2) is 24.3 Å². The van der Waals surface area contributed by atoms with Gasteiger partial charge in [-0.2, -0.15) is 0 Å². The summed E-state index contributed by atoms with van der Waals surface area (Å²) in [6.07, 6.45) is 4.26. The summed E-state index contributed by atoms with van der Waals surface area (Å²) in [5.74, 6) is 1.10. The van der Waals surface area contributed by atoms with Gasteiger partial charge in [0.1, 0.15) is 0 Å². The van der Waals surface area contributed by atoms with Gasteiger partial charge in [0, 0.05) is 18.8 Å². The lowest BCUT2D eigenvalue weighted by molar-refractivity contribution is -0.135. The molecular formula is C16H22N2O. The molecule has 3 nitrogen and oxygen atoms in total. The zero-order chi connectivity index (χ0) is 13.5. The lowest BCUT2D eigenvalue weighted by Crippen LogP contribution is -2.43. The number of likely N-dealkylation sites (tertiary alicyclic amines) is 1. The zero-order valence-electron chi connectivity index (χ0n) is 11.6. The number of carbonyl (C=O) groups excluding carboxylic acids is 1. The van der Waals surface area contributed by atoms with Crippen molar-refractivity contribution >= 4 is 11.6 Å². The first-order chi connectivity index (χ1) is 9.12. The van der Waals surface area contributed by atoms with E-state index in [0.29, 0.717) is 5.91 Å². The second-order valence-corrected chi connectivity index (χ2v) is 6.18. The van der Waals surface area contributed by atoms with Crippen LogP contribution in [-0.4, -0.2) is 23.9 Å². The van der Waals surface area contributed by atoms with E-state index < -0.39 is 0 Å². The van der Waals surface area contributed by atoms with E-state index in [1.54, 1.807) is 0 Å². The highest BCUT2D eigenvalue weighted by Gasteiger charge is 2.53. The van der Waals surface area contributed by atoms with Crippen molar-refractivity contribution in [2.24, 2.45) is 5.92 Å². The molecule has 0 atom stereocenters. The molecule has 2 aliphatic rings. The summed E-state index contributed by atoms with van der Waals surface area (Å²) in [6, 6.07) is 7.85. The molecule has 1 aromatic rings. The summed E-state index contributed by atoms with van der Waals surface area (Å²) in [5.41, 5.74) is 7.41. The van der Waals surface area contributed by atoms with Crippen molar-refractivity contribution in [2.45, 2.75) is 38.0 Å². The molecule has 1 aromatic carbocycles. The van der Waals surface area contributed by atoms with Crippen LogP contribution in [0.1, 0.15) is 38.2 Å². The fraction of sp³-hybridized carbons (Fsp3) is 0.562. The van der Waals surface area contributed by atoms with Gasteiger partial charge in [0.15, 0.2) is 0 Å². The number of anilines is 1. The first-order valence-electron chi connectivity index (χ1n) is 7.27. The third-order valence-corrected chi connectivity index (χ3v) is 4.69. The van der Waals surface area contributed by atoms with Crippen LogP contribution in [0.3, 0.4) is 0 Å². The van der Waals surface area contributed by atoms with E-state index in [9.17, 15) is 4.79 Å². The van der Waals surface area contributed by atoms with Crippen molar-refractivity contribution in [3.63, 3.8) is 0 Å². The maximum Gasteiger partial charge on any atom is 0.233 e. The Balaban J connectivity index is 1.77. The normalized spacial score (nSPS) is 22.3. The average molecular weight is 258 g/mol. The highest BCUT2D eigenvalue weighted by molar-refractivity contribution is 5.91. The number of hydrogen-bond donors (Lipinski definition) is 1.